The van der Waals surface area contributed by atoms with Gasteiger partial charge in [0.25, 0.3) is 0 Å². The molecule has 160 valence electrons. The minimum atomic E-state index is -3.84. The summed E-state index contributed by atoms with van der Waals surface area (Å²) in [4.78, 5) is 6.18. The van der Waals surface area contributed by atoms with Crippen LogP contribution in [-0.4, -0.2) is 36.7 Å². The third-order valence-electron chi connectivity index (χ3n) is 5.08. The second kappa shape index (κ2) is 8.07. The Morgan fingerprint density at radius 3 is 2.19 bits per heavy atom. The van der Waals surface area contributed by atoms with Crippen molar-refractivity contribution >= 4 is 33.1 Å². The molecule has 31 heavy (non-hydrogen) atoms. The Kier molecular flexibility index (Phi) is 5.59. The molecule has 3 aromatic rings. The van der Waals surface area contributed by atoms with Gasteiger partial charge < -0.3 is 15.1 Å². The SMILES string of the molecule is NS(=O)(=O)c1ccc(C2=NC(O)(C(O)c3ccccc3)CN2c2ccc(Cl)cc2)cc1. The summed E-state index contributed by atoms with van der Waals surface area (Å²) in [6.45, 7) is -0.0169. The van der Waals surface area contributed by atoms with Crippen molar-refractivity contribution in [2.24, 2.45) is 10.1 Å². The number of aliphatic imine (C=N–C) groups is 1. The van der Waals surface area contributed by atoms with Crippen LogP contribution < -0.4 is 10.0 Å². The van der Waals surface area contributed by atoms with E-state index in [0.717, 1.165) is 0 Å². The van der Waals surface area contributed by atoms with Gasteiger partial charge in [-0.15, -0.1) is 0 Å². The van der Waals surface area contributed by atoms with Crippen LogP contribution >= 0.6 is 11.6 Å². The fourth-order valence-electron chi connectivity index (χ4n) is 3.49. The third kappa shape index (κ3) is 4.34. The lowest BCUT2D eigenvalue weighted by Gasteiger charge is -2.28. The average molecular weight is 458 g/mol. The van der Waals surface area contributed by atoms with Crippen LogP contribution in [0.4, 0.5) is 5.69 Å². The standard InChI is InChI=1S/C22H20ClN3O4S/c23-17-8-10-18(11-9-17)26-14-22(28,20(27)15-4-2-1-3-5-15)25-21(26)16-6-12-19(13-7-16)31(24,29)30/h1-13,20,27-28H,14H2,(H2,24,29,30). The van der Waals surface area contributed by atoms with Crippen LogP contribution in [0.25, 0.3) is 0 Å². The summed E-state index contributed by atoms with van der Waals surface area (Å²) in [5.41, 5.74) is -0.0430. The summed E-state index contributed by atoms with van der Waals surface area (Å²) < 4.78 is 23.2. The first-order chi connectivity index (χ1) is 14.7. The molecule has 7 nitrogen and oxygen atoms in total. The van der Waals surface area contributed by atoms with Crippen molar-refractivity contribution in [3.05, 3.63) is 95.0 Å². The number of anilines is 1. The van der Waals surface area contributed by atoms with E-state index in [-0.39, 0.29) is 11.4 Å². The highest BCUT2D eigenvalue weighted by Gasteiger charge is 2.45. The molecule has 0 spiro atoms. The third-order valence-corrected chi connectivity index (χ3v) is 6.26. The number of aliphatic hydroxyl groups excluding tert-OH is 1. The van der Waals surface area contributed by atoms with Crippen LogP contribution in [0.3, 0.4) is 0 Å². The Hall–Kier alpha value is -2.75. The Labute approximate surface area is 185 Å². The largest absolute Gasteiger partial charge is 0.383 e. The molecule has 4 rings (SSSR count). The van der Waals surface area contributed by atoms with Gasteiger partial charge in [0, 0.05) is 16.3 Å². The molecule has 0 saturated carbocycles. The van der Waals surface area contributed by atoms with E-state index >= 15 is 0 Å². The van der Waals surface area contributed by atoms with Gasteiger partial charge in [-0.2, -0.15) is 0 Å². The summed E-state index contributed by atoms with van der Waals surface area (Å²) in [5, 5.41) is 27.9. The van der Waals surface area contributed by atoms with E-state index in [0.29, 0.717) is 27.7 Å². The fraction of sp³-hybridized carbons (Fsp3) is 0.136. The van der Waals surface area contributed by atoms with E-state index in [1.807, 2.05) is 6.07 Å². The van der Waals surface area contributed by atoms with E-state index < -0.39 is 21.9 Å². The van der Waals surface area contributed by atoms with Gasteiger partial charge in [0.2, 0.25) is 15.7 Å². The number of rotatable bonds is 5. The van der Waals surface area contributed by atoms with Crippen LogP contribution in [0.5, 0.6) is 0 Å². The number of nitrogens with zero attached hydrogens (tertiary/aromatic N) is 2. The van der Waals surface area contributed by atoms with E-state index in [1.54, 1.807) is 65.6 Å². The molecule has 1 aliphatic heterocycles. The Morgan fingerprint density at radius 2 is 1.61 bits per heavy atom. The molecule has 0 fully saturated rings. The quantitative estimate of drug-likeness (QED) is 0.544. The maximum absolute atomic E-state index is 11.6. The second-order valence-corrected chi connectivity index (χ2v) is 9.26. The first-order valence-corrected chi connectivity index (χ1v) is 11.3. The molecule has 3 aromatic carbocycles. The van der Waals surface area contributed by atoms with E-state index in [2.05, 4.69) is 4.99 Å². The van der Waals surface area contributed by atoms with Gasteiger partial charge in [-0.25, -0.2) is 18.5 Å². The zero-order valence-electron chi connectivity index (χ0n) is 16.3. The van der Waals surface area contributed by atoms with Crippen molar-refractivity contribution in [1.82, 2.24) is 0 Å². The van der Waals surface area contributed by atoms with Gasteiger partial charge in [-0.05, 0) is 54.1 Å². The second-order valence-electron chi connectivity index (χ2n) is 7.26. The topological polar surface area (TPSA) is 116 Å². The fourth-order valence-corrected chi connectivity index (χ4v) is 4.13. The van der Waals surface area contributed by atoms with Gasteiger partial charge in [-0.1, -0.05) is 41.9 Å². The summed E-state index contributed by atoms with van der Waals surface area (Å²) in [5.74, 6) is 0.376. The lowest BCUT2D eigenvalue weighted by atomic mass is 9.99. The number of β-amino-alcohol motifs (C(OH)–C–C–N with tert-alkyl or cyclic N) is 1. The molecule has 4 N–H and O–H groups in total. The molecule has 0 saturated heterocycles. The van der Waals surface area contributed by atoms with Crippen molar-refractivity contribution < 1.29 is 18.6 Å². The molecule has 0 aliphatic carbocycles. The monoisotopic (exact) mass is 457 g/mol. The molecular formula is C22H20ClN3O4S. The lowest BCUT2D eigenvalue weighted by molar-refractivity contribution is -0.0582. The first kappa shape index (κ1) is 21.5. The van der Waals surface area contributed by atoms with Crippen LogP contribution in [0, 0.1) is 0 Å². The number of amidine groups is 1. The molecule has 1 heterocycles. The van der Waals surface area contributed by atoms with E-state index in [4.69, 9.17) is 16.7 Å². The van der Waals surface area contributed by atoms with Crippen LogP contribution in [-0.2, 0) is 10.0 Å². The van der Waals surface area contributed by atoms with Gasteiger partial charge >= 0.3 is 0 Å². The lowest BCUT2D eigenvalue weighted by Crippen LogP contribution is -2.41. The number of benzene rings is 3. The van der Waals surface area contributed by atoms with Gasteiger partial charge in [-0.3, -0.25) is 0 Å². The minimum absolute atomic E-state index is 0.0169. The zero-order valence-corrected chi connectivity index (χ0v) is 17.8. The predicted molar refractivity (Wildman–Crippen MR) is 120 cm³/mol. The summed E-state index contributed by atoms with van der Waals surface area (Å²) in [7, 11) is -3.84. The molecule has 1 aliphatic rings. The first-order valence-electron chi connectivity index (χ1n) is 9.39. The molecular weight excluding hydrogens is 438 g/mol. The maximum Gasteiger partial charge on any atom is 0.238 e. The smallest absolute Gasteiger partial charge is 0.238 e. The number of nitrogens with two attached hydrogens (primary N) is 1. The normalized spacial score (nSPS) is 19.9. The van der Waals surface area contributed by atoms with Crippen LogP contribution in [0.15, 0.2) is 88.8 Å². The van der Waals surface area contributed by atoms with Crippen molar-refractivity contribution in [3.8, 4) is 0 Å². The van der Waals surface area contributed by atoms with Crippen molar-refractivity contribution in [2.75, 3.05) is 11.4 Å². The highest BCUT2D eigenvalue weighted by atomic mass is 35.5. The summed E-state index contributed by atoms with van der Waals surface area (Å²) in [6, 6.07) is 21.6. The highest BCUT2D eigenvalue weighted by Crippen LogP contribution is 2.36. The number of hydrogen-bond acceptors (Lipinski definition) is 6. The van der Waals surface area contributed by atoms with Gasteiger partial charge in [0.15, 0.2) is 0 Å². The average Bonchev–Trinajstić information content (AvgIpc) is 3.13. The van der Waals surface area contributed by atoms with Crippen molar-refractivity contribution in [2.45, 2.75) is 16.7 Å². The highest BCUT2D eigenvalue weighted by molar-refractivity contribution is 7.89. The van der Waals surface area contributed by atoms with Gasteiger partial charge in [0.05, 0.1) is 11.4 Å². The number of primary sulfonamides is 1. The molecule has 0 radical (unpaired) electrons. The Balaban J connectivity index is 1.78. The number of hydrogen-bond donors (Lipinski definition) is 3. The molecule has 0 bridgehead atoms. The minimum Gasteiger partial charge on any atom is -0.383 e. The van der Waals surface area contributed by atoms with E-state index in [9.17, 15) is 18.6 Å². The predicted octanol–water partition coefficient (Wildman–Crippen LogP) is 2.68. The molecule has 2 unspecified atom stereocenters. The van der Waals surface area contributed by atoms with Crippen molar-refractivity contribution in [3.63, 3.8) is 0 Å². The summed E-state index contributed by atoms with van der Waals surface area (Å²) >= 11 is 6.01. The van der Waals surface area contributed by atoms with Crippen molar-refractivity contribution in [1.29, 1.82) is 0 Å². The Morgan fingerprint density at radius 1 is 1.00 bits per heavy atom. The van der Waals surface area contributed by atoms with E-state index in [1.165, 1.54) is 12.1 Å². The number of halogens is 1. The number of sulfonamides is 1. The maximum atomic E-state index is 11.6. The molecule has 0 aromatic heterocycles. The summed E-state index contributed by atoms with van der Waals surface area (Å²) in [6.07, 6.45) is -1.27. The van der Waals surface area contributed by atoms with Crippen LogP contribution in [0.1, 0.15) is 17.2 Å². The molecule has 2 atom stereocenters. The van der Waals surface area contributed by atoms with Gasteiger partial charge in [0.1, 0.15) is 11.9 Å². The Bertz CT molecular complexity index is 1220. The zero-order chi connectivity index (χ0) is 22.2. The molecule has 9 heteroatoms. The van der Waals surface area contributed by atoms with Crippen LogP contribution in [0.2, 0.25) is 5.02 Å². The number of aliphatic hydroxyl groups is 2. The molecule has 0 amide bonds.